The standard InChI is InChI=1S/C35H36FN3O4S/c1-33-16-20-18-37-39(23-10-8-22(36)9-11-23)27(20)15-21(33)7-12-24-25-13-14-35(42,34(25,2)17-28(40)31(24)33)30(41)19-43-32-38-26-5-3-4-6-29(26)44-32/h3-6,8-11,15,18,24-25,28,31,40,42H,7,12-14,16-17,19H2,1-2H3/t24?,25?,28?,31?,33?,34?,35-/m0/s1. The fourth-order valence-electron chi connectivity index (χ4n) is 9.60. The Hall–Kier alpha value is -3.40. The number of ketones is 1. The number of hydrogen-bond acceptors (Lipinski definition) is 7. The zero-order chi connectivity index (χ0) is 30.4. The third kappa shape index (κ3) is 3.95. The van der Waals surface area contributed by atoms with E-state index in [9.17, 15) is 19.4 Å². The zero-order valence-corrected chi connectivity index (χ0v) is 25.7. The number of para-hydroxylation sites is 1. The van der Waals surface area contributed by atoms with Crippen LogP contribution in [0.4, 0.5) is 4.39 Å². The zero-order valence-electron chi connectivity index (χ0n) is 24.9. The highest BCUT2D eigenvalue weighted by Gasteiger charge is 2.68. The van der Waals surface area contributed by atoms with E-state index >= 15 is 0 Å². The van der Waals surface area contributed by atoms with E-state index in [-0.39, 0.29) is 41.4 Å². The van der Waals surface area contributed by atoms with E-state index in [1.807, 2.05) is 42.1 Å². The van der Waals surface area contributed by atoms with Gasteiger partial charge in [0, 0.05) is 5.41 Å². The fraction of sp³-hybridized carbons (Fsp3) is 0.457. The molecular weight excluding hydrogens is 577 g/mol. The van der Waals surface area contributed by atoms with Crippen LogP contribution in [0.25, 0.3) is 22.0 Å². The second-order valence-corrected chi connectivity index (χ2v) is 14.8. The average molecular weight is 614 g/mol. The number of rotatable bonds is 5. The molecule has 0 aliphatic heterocycles. The first-order valence-corrected chi connectivity index (χ1v) is 16.4. The summed E-state index contributed by atoms with van der Waals surface area (Å²) >= 11 is 1.39. The smallest absolute Gasteiger partial charge is 0.274 e. The van der Waals surface area contributed by atoms with E-state index in [0.717, 1.165) is 52.8 Å². The predicted molar refractivity (Wildman–Crippen MR) is 166 cm³/mol. The highest BCUT2D eigenvalue weighted by molar-refractivity contribution is 7.20. The van der Waals surface area contributed by atoms with Crippen LogP contribution >= 0.6 is 11.3 Å². The van der Waals surface area contributed by atoms with Crippen molar-refractivity contribution in [3.63, 3.8) is 0 Å². The molecule has 2 N–H and O–H groups in total. The highest BCUT2D eigenvalue weighted by Crippen LogP contribution is 2.67. The highest BCUT2D eigenvalue weighted by atomic mass is 32.1. The molecule has 2 heterocycles. The lowest BCUT2D eigenvalue weighted by Crippen LogP contribution is -2.62. The van der Waals surface area contributed by atoms with Crippen molar-refractivity contribution in [2.75, 3.05) is 6.61 Å². The summed E-state index contributed by atoms with van der Waals surface area (Å²) in [4.78, 5) is 18.2. The van der Waals surface area contributed by atoms with Crippen LogP contribution in [0.1, 0.15) is 57.2 Å². The molecule has 0 saturated heterocycles. The molecule has 6 unspecified atom stereocenters. The maximum Gasteiger partial charge on any atom is 0.274 e. The minimum atomic E-state index is -1.56. The molecule has 0 bridgehead atoms. The number of fused-ring (bicyclic) bond motifs is 7. The van der Waals surface area contributed by atoms with E-state index in [2.05, 4.69) is 23.1 Å². The first-order chi connectivity index (χ1) is 21.1. The number of aromatic nitrogens is 3. The van der Waals surface area contributed by atoms with Gasteiger partial charge in [0.25, 0.3) is 5.19 Å². The molecule has 0 radical (unpaired) electrons. The molecule has 4 aliphatic rings. The minimum Gasteiger partial charge on any atom is -0.462 e. The van der Waals surface area contributed by atoms with Gasteiger partial charge in [0.1, 0.15) is 11.4 Å². The summed E-state index contributed by atoms with van der Waals surface area (Å²) in [5.74, 6) is -0.288. The number of allylic oxidation sites excluding steroid dienone is 1. The van der Waals surface area contributed by atoms with Gasteiger partial charge < -0.3 is 14.9 Å². The van der Waals surface area contributed by atoms with Gasteiger partial charge in [-0.15, -0.1) is 0 Å². The SMILES string of the molecule is CC12Cc3cnn(-c4ccc(F)cc4)c3C=C1CCC1C2C(O)CC2(C)C1CC[C@]2(O)C(=O)COc1nc2ccccc2s1. The molecule has 4 aliphatic carbocycles. The summed E-state index contributed by atoms with van der Waals surface area (Å²) in [6.45, 7) is 4.05. The lowest BCUT2D eigenvalue weighted by molar-refractivity contribution is -0.180. The Bertz CT molecular complexity index is 1780. The van der Waals surface area contributed by atoms with Crippen molar-refractivity contribution in [3.05, 3.63) is 77.4 Å². The van der Waals surface area contributed by atoms with Crippen LogP contribution in [0.2, 0.25) is 0 Å². The molecule has 0 spiro atoms. The molecule has 4 aromatic rings. The summed E-state index contributed by atoms with van der Waals surface area (Å²) in [7, 11) is 0. The van der Waals surface area contributed by atoms with E-state index in [0.29, 0.717) is 18.0 Å². The van der Waals surface area contributed by atoms with Crippen molar-refractivity contribution in [1.29, 1.82) is 0 Å². The van der Waals surface area contributed by atoms with Gasteiger partial charge in [-0.3, -0.25) is 4.79 Å². The summed E-state index contributed by atoms with van der Waals surface area (Å²) in [6, 6.07) is 14.1. The summed E-state index contributed by atoms with van der Waals surface area (Å²) < 4.78 is 22.3. The van der Waals surface area contributed by atoms with E-state index < -0.39 is 17.1 Å². The Morgan fingerprint density at radius 2 is 1.95 bits per heavy atom. The lowest BCUT2D eigenvalue weighted by Gasteiger charge is -2.60. The maximum absolute atomic E-state index is 13.7. The number of Topliss-reactive ketones (excluding diaryl/α,β-unsaturated/α-hetero) is 1. The van der Waals surface area contributed by atoms with Crippen LogP contribution in [0.5, 0.6) is 5.19 Å². The maximum atomic E-state index is 13.7. The molecular formula is C35H36FN3O4S. The second kappa shape index (κ2) is 9.80. The van der Waals surface area contributed by atoms with Gasteiger partial charge in [-0.2, -0.15) is 5.10 Å². The van der Waals surface area contributed by atoms with E-state index in [4.69, 9.17) is 4.74 Å². The number of aliphatic hydroxyl groups is 2. The van der Waals surface area contributed by atoms with Crippen molar-refractivity contribution in [1.82, 2.24) is 14.8 Å². The molecule has 3 saturated carbocycles. The van der Waals surface area contributed by atoms with E-state index in [1.165, 1.54) is 29.0 Å². The van der Waals surface area contributed by atoms with E-state index in [1.54, 1.807) is 12.1 Å². The van der Waals surface area contributed by atoms with Crippen LogP contribution in [0, 0.1) is 34.4 Å². The normalized spacial score (nSPS) is 34.1. The molecule has 0 amide bonds. The van der Waals surface area contributed by atoms with Gasteiger partial charge >= 0.3 is 0 Å². The average Bonchev–Trinajstić information content (AvgIpc) is 3.68. The lowest BCUT2D eigenvalue weighted by atomic mass is 9.45. The summed E-state index contributed by atoms with van der Waals surface area (Å²) in [5, 5.41) is 29.1. The van der Waals surface area contributed by atoms with Crippen molar-refractivity contribution in [2.24, 2.45) is 28.6 Å². The molecule has 7 nitrogen and oxygen atoms in total. The van der Waals surface area contributed by atoms with Gasteiger partial charge in [-0.1, -0.05) is 42.9 Å². The largest absolute Gasteiger partial charge is 0.462 e. The van der Waals surface area contributed by atoms with Crippen molar-refractivity contribution >= 4 is 33.4 Å². The number of nitrogens with zero attached hydrogens (tertiary/aromatic N) is 3. The number of aliphatic hydroxyl groups excluding tert-OH is 1. The van der Waals surface area contributed by atoms with Crippen LogP contribution in [-0.4, -0.2) is 49.1 Å². The molecule has 44 heavy (non-hydrogen) atoms. The third-order valence-corrected chi connectivity index (χ3v) is 12.7. The Morgan fingerprint density at radius 1 is 1.16 bits per heavy atom. The van der Waals surface area contributed by atoms with Gasteiger partial charge in [-0.05, 0) is 110 Å². The topological polar surface area (TPSA) is 97.5 Å². The molecule has 228 valence electrons. The van der Waals surface area contributed by atoms with Gasteiger partial charge in [0.15, 0.2) is 6.61 Å². The van der Waals surface area contributed by atoms with Crippen LogP contribution in [0.3, 0.4) is 0 Å². The molecule has 8 rings (SSSR count). The van der Waals surface area contributed by atoms with Crippen molar-refractivity contribution in [2.45, 2.75) is 64.1 Å². The van der Waals surface area contributed by atoms with Gasteiger partial charge in [-0.25, -0.2) is 14.1 Å². The predicted octanol–water partition coefficient (Wildman–Crippen LogP) is 6.15. The first-order valence-electron chi connectivity index (χ1n) is 15.6. The monoisotopic (exact) mass is 613 g/mol. The third-order valence-electron chi connectivity index (χ3n) is 11.7. The Kier molecular flexibility index (Phi) is 6.26. The van der Waals surface area contributed by atoms with Crippen LogP contribution in [-0.2, 0) is 11.2 Å². The van der Waals surface area contributed by atoms with Crippen LogP contribution < -0.4 is 4.74 Å². The van der Waals surface area contributed by atoms with Crippen molar-refractivity contribution in [3.8, 4) is 10.9 Å². The number of carbonyl (C=O) groups excluding carboxylic acids is 1. The molecule has 2 aromatic heterocycles. The second-order valence-electron chi connectivity index (χ2n) is 13.8. The Labute approximate surface area is 259 Å². The van der Waals surface area contributed by atoms with Crippen LogP contribution in [0.15, 0.2) is 60.3 Å². The number of carbonyl (C=O) groups is 1. The molecule has 3 fully saturated rings. The quantitative estimate of drug-likeness (QED) is 0.280. The Balaban J connectivity index is 1.05. The van der Waals surface area contributed by atoms with Gasteiger partial charge in [0.2, 0.25) is 5.78 Å². The number of benzene rings is 2. The number of thiazole rings is 1. The number of ether oxygens (including phenoxy) is 1. The first kappa shape index (κ1) is 28.1. The Morgan fingerprint density at radius 3 is 2.75 bits per heavy atom. The molecule has 9 heteroatoms. The number of hydrogen-bond donors (Lipinski definition) is 2. The van der Waals surface area contributed by atoms with Gasteiger partial charge in [0.05, 0.1) is 33.9 Å². The molecule has 2 aromatic carbocycles. The fourth-order valence-corrected chi connectivity index (χ4v) is 10.4. The minimum absolute atomic E-state index is 0.0133. The summed E-state index contributed by atoms with van der Waals surface area (Å²) in [6.07, 6.45) is 7.51. The molecule has 7 atom stereocenters. The number of halogens is 1. The summed E-state index contributed by atoms with van der Waals surface area (Å²) in [5.41, 5.74) is 2.53. The van der Waals surface area contributed by atoms with Crippen molar-refractivity contribution < 1.29 is 24.1 Å².